The first-order valence-corrected chi connectivity index (χ1v) is 9.23. The summed E-state index contributed by atoms with van der Waals surface area (Å²) >= 11 is 6.29. The zero-order valence-electron chi connectivity index (χ0n) is 15.3. The standard InChI is InChI=1S/C19H29ClO5/c1-4-6-7-8-9-14(19(21)22)15-12-16(20)18(13-17(15)23-3)25-11-10-24-5-2/h12-14H,4-11H2,1-3H3,(H,21,22). The van der Waals surface area contributed by atoms with Crippen LogP contribution in [0.3, 0.4) is 0 Å². The van der Waals surface area contributed by atoms with Crippen LogP contribution in [0.2, 0.25) is 5.02 Å². The van der Waals surface area contributed by atoms with Crippen molar-refractivity contribution in [1.29, 1.82) is 0 Å². The molecule has 0 aliphatic rings. The van der Waals surface area contributed by atoms with Crippen LogP contribution in [0.1, 0.15) is 57.4 Å². The maximum atomic E-state index is 11.7. The molecule has 0 radical (unpaired) electrons. The molecule has 1 rings (SSSR count). The van der Waals surface area contributed by atoms with Gasteiger partial charge >= 0.3 is 5.97 Å². The third kappa shape index (κ3) is 7.12. The van der Waals surface area contributed by atoms with E-state index in [4.69, 9.17) is 25.8 Å². The van der Waals surface area contributed by atoms with Gasteiger partial charge in [-0.1, -0.05) is 44.2 Å². The third-order valence-electron chi connectivity index (χ3n) is 3.99. The zero-order valence-corrected chi connectivity index (χ0v) is 16.1. The highest BCUT2D eigenvalue weighted by atomic mass is 35.5. The van der Waals surface area contributed by atoms with Crippen LogP contribution in [-0.4, -0.2) is 38.0 Å². The second-order valence-corrected chi connectivity index (χ2v) is 6.22. The van der Waals surface area contributed by atoms with Crippen LogP contribution < -0.4 is 9.47 Å². The molecule has 0 bridgehead atoms. The average molecular weight is 373 g/mol. The summed E-state index contributed by atoms with van der Waals surface area (Å²) in [6, 6.07) is 3.31. The van der Waals surface area contributed by atoms with E-state index in [1.165, 1.54) is 7.11 Å². The topological polar surface area (TPSA) is 65.0 Å². The highest BCUT2D eigenvalue weighted by molar-refractivity contribution is 6.32. The largest absolute Gasteiger partial charge is 0.496 e. The van der Waals surface area contributed by atoms with Gasteiger partial charge in [-0.05, 0) is 19.4 Å². The number of carboxylic acids is 1. The van der Waals surface area contributed by atoms with Crippen LogP contribution in [0.4, 0.5) is 0 Å². The Hall–Kier alpha value is -1.46. The Morgan fingerprint density at radius 3 is 2.52 bits per heavy atom. The van der Waals surface area contributed by atoms with Gasteiger partial charge in [0.15, 0.2) is 0 Å². The summed E-state index contributed by atoms with van der Waals surface area (Å²) in [6.45, 7) is 5.50. The SMILES string of the molecule is CCCCCCC(C(=O)O)c1cc(Cl)c(OCCOCC)cc1OC. The Morgan fingerprint density at radius 1 is 1.16 bits per heavy atom. The summed E-state index contributed by atoms with van der Waals surface area (Å²) in [6.07, 6.45) is 4.66. The number of halogens is 1. The van der Waals surface area contributed by atoms with Gasteiger partial charge in [0.2, 0.25) is 0 Å². The lowest BCUT2D eigenvalue weighted by Gasteiger charge is -2.18. The van der Waals surface area contributed by atoms with E-state index in [1.807, 2.05) is 6.92 Å². The molecule has 0 fully saturated rings. The van der Waals surface area contributed by atoms with Crippen LogP contribution in [0.5, 0.6) is 11.5 Å². The van der Waals surface area contributed by atoms with E-state index in [1.54, 1.807) is 12.1 Å². The molecule has 1 aromatic carbocycles. The number of rotatable bonds is 13. The number of ether oxygens (including phenoxy) is 3. The number of unbranched alkanes of at least 4 members (excludes halogenated alkanes) is 3. The van der Waals surface area contributed by atoms with Gasteiger partial charge in [-0.25, -0.2) is 0 Å². The second kappa shape index (κ2) is 12.0. The quantitative estimate of drug-likeness (QED) is 0.499. The lowest BCUT2D eigenvalue weighted by molar-refractivity contribution is -0.139. The number of aliphatic carboxylic acids is 1. The second-order valence-electron chi connectivity index (χ2n) is 5.81. The van der Waals surface area contributed by atoms with Gasteiger partial charge in [-0.2, -0.15) is 0 Å². The number of hydrogen-bond donors (Lipinski definition) is 1. The van der Waals surface area contributed by atoms with Gasteiger partial charge in [0, 0.05) is 18.2 Å². The third-order valence-corrected chi connectivity index (χ3v) is 4.29. The Labute approximate surface area is 155 Å². The zero-order chi connectivity index (χ0) is 18.7. The van der Waals surface area contributed by atoms with Gasteiger partial charge in [-0.15, -0.1) is 0 Å². The fourth-order valence-corrected chi connectivity index (χ4v) is 2.88. The van der Waals surface area contributed by atoms with Crippen molar-refractivity contribution >= 4 is 17.6 Å². The van der Waals surface area contributed by atoms with Gasteiger partial charge in [0.25, 0.3) is 0 Å². The molecule has 25 heavy (non-hydrogen) atoms. The molecule has 0 aliphatic carbocycles. The summed E-state index contributed by atoms with van der Waals surface area (Å²) < 4.78 is 16.2. The lowest BCUT2D eigenvalue weighted by Crippen LogP contribution is -2.13. The Bertz CT molecular complexity index is 533. The molecule has 1 aromatic rings. The normalized spacial score (nSPS) is 12.0. The van der Waals surface area contributed by atoms with E-state index in [2.05, 4.69) is 6.92 Å². The summed E-state index contributed by atoms with van der Waals surface area (Å²) in [5.74, 6) is -0.548. The Morgan fingerprint density at radius 2 is 1.92 bits per heavy atom. The molecule has 1 atom stereocenters. The minimum Gasteiger partial charge on any atom is -0.496 e. The lowest BCUT2D eigenvalue weighted by atomic mass is 9.92. The van der Waals surface area contributed by atoms with E-state index in [-0.39, 0.29) is 0 Å². The minimum atomic E-state index is -0.865. The molecular weight excluding hydrogens is 344 g/mol. The van der Waals surface area contributed by atoms with Crippen LogP contribution in [-0.2, 0) is 9.53 Å². The first-order valence-electron chi connectivity index (χ1n) is 8.85. The van der Waals surface area contributed by atoms with Crippen LogP contribution >= 0.6 is 11.6 Å². The van der Waals surface area contributed by atoms with Gasteiger partial charge < -0.3 is 19.3 Å². The molecule has 0 saturated carbocycles. The Kier molecular flexibility index (Phi) is 10.3. The molecule has 5 nitrogen and oxygen atoms in total. The number of methoxy groups -OCH3 is 1. The minimum absolute atomic E-state index is 0.370. The molecular formula is C19H29ClO5. The molecule has 1 N–H and O–H groups in total. The fourth-order valence-electron chi connectivity index (χ4n) is 2.65. The van der Waals surface area contributed by atoms with Crippen molar-refractivity contribution in [1.82, 2.24) is 0 Å². The summed E-state index contributed by atoms with van der Waals surface area (Å²) in [5.41, 5.74) is 0.591. The van der Waals surface area contributed by atoms with E-state index in [0.29, 0.717) is 48.3 Å². The smallest absolute Gasteiger partial charge is 0.311 e. The summed E-state index contributed by atoms with van der Waals surface area (Å²) in [4.78, 5) is 11.7. The molecule has 142 valence electrons. The highest BCUT2D eigenvalue weighted by Crippen LogP contribution is 2.38. The van der Waals surface area contributed by atoms with Crippen molar-refractivity contribution in [3.8, 4) is 11.5 Å². The van der Waals surface area contributed by atoms with Crippen LogP contribution in [0.25, 0.3) is 0 Å². The molecule has 0 aromatic heterocycles. The van der Waals surface area contributed by atoms with Crippen molar-refractivity contribution in [2.75, 3.05) is 26.9 Å². The molecule has 6 heteroatoms. The molecule has 0 aliphatic heterocycles. The predicted octanol–water partition coefficient (Wildman–Crippen LogP) is 4.90. The first kappa shape index (κ1) is 21.6. The molecule has 0 amide bonds. The fraction of sp³-hybridized carbons (Fsp3) is 0.632. The van der Waals surface area contributed by atoms with Gasteiger partial charge in [0.1, 0.15) is 18.1 Å². The van der Waals surface area contributed by atoms with Crippen molar-refractivity contribution in [2.45, 2.75) is 51.9 Å². The van der Waals surface area contributed by atoms with E-state index in [0.717, 1.165) is 25.7 Å². The van der Waals surface area contributed by atoms with E-state index >= 15 is 0 Å². The number of benzene rings is 1. The first-order chi connectivity index (χ1) is 12.0. The summed E-state index contributed by atoms with van der Waals surface area (Å²) in [7, 11) is 1.52. The number of carbonyl (C=O) groups is 1. The van der Waals surface area contributed by atoms with E-state index in [9.17, 15) is 9.90 Å². The monoisotopic (exact) mass is 372 g/mol. The highest BCUT2D eigenvalue weighted by Gasteiger charge is 2.25. The maximum absolute atomic E-state index is 11.7. The van der Waals surface area contributed by atoms with Crippen molar-refractivity contribution < 1.29 is 24.1 Å². The Balaban J connectivity index is 2.91. The molecule has 1 unspecified atom stereocenters. The van der Waals surface area contributed by atoms with Gasteiger partial charge in [-0.3, -0.25) is 4.79 Å². The van der Waals surface area contributed by atoms with Crippen LogP contribution in [0.15, 0.2) is 12.1 Å². The van der Waals surface area contributed by atoms with Crippen molar-refractivity contribution in [3.63, 3.8) is 0 Å². The van der Waals surface area contributed by atoms with Crippen molar-refractivity contribution in [3.05, 3.63) is 22.7 Å². The van der Waals surface area contributed by atoms with Crippen molar-refractivity contribution in [2.24, 2.45) is 0 Å². The van der Waals surface area contributed by atoms with E-state index < -0.39 is 11.9 Å². The van der Waals surface area contributed by atoms with Gasteiger partial charge in [0.05, 0.1) is 24.7 Å². The number of carboxylic acid groups (broad SMARTS) is 1. The average Bonchev–Trinajstić information content (AvgIpc) is 2.59. The molecule has 0 spiro atoms. The summed E-state index contributed by atoms with van der Waals surface area (Å²) in [5, 5.41) is 10.00. The molecule has 0 saturated heterocycles. The number of hydrogen-bond acceptors (Lipinski definition) is 4. The molecule has 0 heterocycles. The van der Waals surface area contributed by atoms with Crippen LogP contribution in [0, 0.1) is 0 Å². The maximum Gasteiger partial charge on any atom is 0.311 e. The predicted molar refractivity (Wildman–Crippen MR) is 99.1 cm³/mol.